The summed E-state index contributed by atoms with van der Waals surface area (Å²) in [6, 6.07) is 13.6. The molecule has 3 aromatic rings. The van der Waals surface area contributed by atoms with E-state index in [1.807, 2.05) is 0 Å². The van der Waals surface area contributed by atoms with Crippen molar-refractivity contribution in [1.82, 2.24) is 0 Å². The molecule has 0 aliphatic heterocycles. The van der Waals surface area contributed by atoms with Gasteiger partial charge in [0.25, 0.3) is 0 Å². The number of rotatable bonds is 1. The smallest absolute Gasteiger partial charge is 0.344 e. The average molecular weight is 273 g/mol. The summed E-state index contributed by atoms with van der Waals surface area (Å²) in [6.07, 6.45) is 0. The molecular weight excluding hydrogens is 264 g/mol. The standard InChI is InChI=1S/C15H9ClO3/c16-11-6-4-9(5-7-11)12-8-10-2-1-3-13(17)14(10)19-15(12)18/h1-8,17H. The van der Waals surface area contributed by atoms with Gasteiger partial charge in [0.2, 0.25) is 0 Å². The molecule has 3 nitrogen and oxygen atoms in total. The van der Waals surface area contributed by atoms with Crippen molar-refractivity contribution in [3.05, 3.63) is 64.0 Å². The van der Waals surface area contributed by atoms with Gasteiger partial charge >= 0.3 is 5.63 Å². The van der Waals surface area contributed by atoms with E-state index in [1.54, 1.807) is 42.5 Å². The van der Waals surface area contributed by atoms with E-state index in [-0.39, 0.29) is 11.3 Å². The molecule has 1 N–H and O–H groups in total. The number of phenols is 1. The Morgan fingerprint density at radius 3 is 2.53 bits per heavy atom. The molecule has 0 saturated heterocycles. The van der Waals surface area contributed by atoms with Crippen LogP contribution in [0.5, 0.6) is 5.75 Å². The number of para-hydroxylation sites is 1. The SMILES string of the molecule is O=c1oc2c(O)cccc2cc1-c1ccc(Cl)cc1. The van der Waals surface area contributed by atoms with Gasteiger partial charge in [-0.3, -0.25) is 0 Å². The summed E-state index contributed by atoms with van der Waals surface area (Å²) < 4.78 is 5.17. The van der Waals surface area contributed by atoms with Crippen LogP contribution in [0.4, 0.5) is 0 Å². The van der Waals surface area contributed by atoms with Crippen molar-refractivity contribution in [2.45, 2.75) is 0 Å². The van der Waals surface area contributed by atoms with E-state index in [4.69, 9.17) is 16.0 Å². The molecule has 0 bridgehead atoms. The highest BCUT2D eigenvalue weighted by atomic mass is 35.5. The monoisotopic (exact) mass is 272 g/mol. The molecule has 0 aliphatic rings. The molecule has 19 heavy (non-hydrogen) atoms. The first-order chi connectivity index (χ1) is 9.15. The Bertz CT molecular complexity index is 804. The summed E-state index contributed by atoms with van der Waals surface area (Å²) in [5, 5.41) is 10.9. The highest BCUT2D eigenvalue weighted by Crippen LogP contribution is 2.27. The zero-order valence-corrected chi connectivity index (χ0v) is 10.5. The van der Waals surface area contributed by atoms with Crippen molar-refractivity contribution in [1.29, 1.82) is 0 Å². The Morgan fingerprint density at radius 2 is 1.79 bits per heavy atom. The molecule has 0 fully saturated rings. The predicted octanol–water partition coefficient (Wildman–Crippen LogP) is 3.82. The van der Waals surface area contributed by atoms with E-state index in [1.165, 1.54) is 6.07 Å². The Morgan fingerprint density at radius 1 is 1.05 bits per heavy atom. The molecule has 3 rings (SSSR count). The highest BCUT2D eigenvalue weighted by Gasteiger charge is 2.09. The largest absolute Gasteiger partial charge is 0.504 e. The molecule has 0 aliphatic carbocycles. The van der Waals surface area contributed by atoms with Crippen LogP contribution in [-0.2, 0) is 0 Å². The van der Waals surface area contributed by atoms with Gasteiger partial charge in [-0.15, -0.1) is 0 Å². The summed E-state index contributed by atoms with van der Waals surface area (Å²) in [7, 11) is 0. The molecular formula is C15H9ClO3. The zero-order valence-electron chi connectivity index (χ0n) is 9.76. The maximum Gasteiger partial charge on any atom is 0.344 e. The Kier molecular flexibility index (Phi) is 2.76. The predicted molar refractivity (Wildman–Crippen MR) is 74.6 cm³/mol. The fourth-order valence-electron chi connectivity index (χ4n) is 1.96. The van der Waals surface area contributed by atoms with Crippen molar-refractivity contribution in [3.63, 3.8) is 0 Å². The second-order valence-electron chi connectivity index (χ2n) is 4.15. The normalized spacial score (nSPS) is 10.8. The summed E-state index contributed by atoms with van der Waals surface area (Å²) in [5.74, 6) is -0.0442. The lowest BCUT2D eigenvalue weighted by Crippen LogP contribution is -2.02. The molecule has 4 heteroatoms. The lowest BCUT2D eigenvalue weighted by molar-refractivity contribution is 0.457. The van der Waals surface area contributed by atoms with Gasteiger partial charge in [-0.1, -0.05) is 35.9 Å². The molecule has 1 aromatic heterocycles. The molecule has 0 atom stereocenters. The molecule has 0 saturated carbocycles. The van der Waals surface area contributed by atoms with Crippen LogP contribution in [0.3, 0.4) is 0 Å². The third-order valence-electron chi connectivity index (χ3n) is 2.89. The van der Waals surface area contributed by atoms with Crippen LogP contribution in [0.1, 0.15) is 0 Å². The summed E-state index contributed by atoms with van der Waals surface area (Å²) in [5.41, 5.74) is 0.875. The van der Waals surface area contributed by atoms with Gasteiger partial charge in [0.1, 0.15) is 0 Å². The molecule has 94 valence electrons. The fourth-order valence-corrected chi connectivity index (χ4v) is 2.09. The molecule has 0 spiro atoms. The number of fused-ring (bicyclic) bond motifs is 1. The van der Waals surface area contributed by atoms with Crippen LogP contribution in [0.15, 0.2) is 57.7 Å². The van der Waals surface area contributed by atoms with Gasteiger partial charge in [0.15, 0.2) is 11.3 Å². The number of hydrogen-bond donors (Lipinski definition) is 1. The molecule has 0 amide bonds. The lowest BCUT2D eigenvalue weighted by Gasteiger charge is -2.03. The third kappa shape index (κ3) is 2.09. The van der Waals surface area contributed by atoms with Crippen molar-refractivity contribution in [2.75, 3.05) is 0 Å². The minimum Gasteiger partial charge on any atom is -0.504 e. The van der Waals surface area contributed by atoms with Crippen LogP contribution in [-0.4, -0.2) is 5.11 Å². The molecule has 0 radical (unpaired) electrons. The maximum atomic E-state index is 12.0. The quantitative estimate of drug-likeness (QED) is 0.685. The van der Waals surface area contributed by atoms with E-state index in [0.29, 0.717) is 16.0 Å². The lowest BCUT2D eigenvalue weighted by atomic mass is 10.1. The number of halogens is 1. The van der Waals surface area contributed by atoms with E-state index in [2.05, 4.69) is 0 Å². The zero-order chi connectivity index (χ0) is 13.4. The summed E-state index contributed by atoms with van der Waals surface area (Å²) >= 11 is 5.82. The van der Waals surface area contributed by atoms with E-state index in [0.717, 1.165) is 5.56 Å². The van der Waals surface area contributed by atoms with Gasteiger partial charge in [0, 0.05) is 10.4 Å². The topological polar surface area (TPSA) is 50.4 Å². The van der Waals surface area contributed by atoms with Gasteiger partial charge in [-0.2, -0.15) is 0 Å². The minimum atomic E-state index is -0.490. The molecule has 0 unspecified atom stereocenters. The number of aromatic hydroxyl groups is 1. The second-order valence-corrected chi connectivity index (χ2v) is 4.59. The molecule has 1 heterocycles. The molecule has 2 aromatic carbocycles. The average Bonchev–Trinajstić information content (AvgIpc) is 2.40. The van der Waals surface area contributed by atoms with Crippen LogP contribution in [0, 0.1) is 0 Å². The first kappa shape index (κ1) is 11.8. The van der Waals surface area contributed by atoms with Crippen LogP contribution in [0.2, 0.25) is 5.02 Å². The highest BCUT2D eigenvalue weighted by molar-refractivity contribution is 6.30. The Balaban J connectivity index is 2.28. The van der Waals surface area contributed by atoms with Crippen LogP contribution in [0.25, 0.3) is 22.1 Å². The minimum absolute atomic E-state index is 0.0442. The first-order valence-corrected chi connectivity index (χ1v) is 6.05. The maximum absolute atomic E-state index is 12.0. The first-order valence-electron chi connectivity index (χ1n) is 5.67. The summed E-state index contributed by atoms with van der Waals surface area (Å²) in [4.78, 5) is 12.0. The Hall–Kier alpha value is -2.26. The van der Waals surface area contributed by atoms with Crippen LogP contribution < -0.4 is 5.63 Å². The van der Waals surface area contributed by atoms with Crippen molar-refractivity contribution in [2.24, 2.45) is 0 Å². The van der Waals surface area contributed by atoms with Gasteiger partial charge in [-0.25, -0.2) is 4.79 Å². The van der Waals surface area contributed by atoms with E-state index >= 15 is 0 Å². The summed E-state index contributed by atoms with van der Waals surface area (Å²) in [6.45, 7) is 0. The van der Waals surface area contributed by atoms with Gasteiger partial charge < -0.3 is 9.52 Å². The fraction of sp³-hybridized carbons (Fsp3) is 0. The second kappa shape index (κ2) is 4.44. The Labute approximate surface area is 113 Å². The number of benzene rings is 2. The van der Waals surface area contributed by atoms with Crippen LogP contribution >= 0.6 is 11.6 Å². The van der Waals surface area contributed by atoms with Crippen molar-refractivity contribution < 1.29 is 9.52 Å². The van der Waals surface area contributed by atoms with Gasteiger partial charge in [-0.05, 0) is 29.8 Å². The van der Waals surface area contributed by atoms with Crippen molar-refractivity contribution >= 4 is 22.6 Å². The number of hydrogen-bond acceptors (Lipinski definition) is 3. The van der Waals surface area contributed by atoms with E-state index in [9.17, 15) is 9.90 Å². The van der Waals surface area contributed by atoms with Gasteiger partial charge in [0.05, 0.1) is 5.56 Å². The third-order valence-corrected chi connectivity index (χ3v) is 3.15. The number of phenolic OH excluding ortho intramolecular Hbond substituents is 1. The van der Waals surface area contributed by atoms with E-state index < -0.39 is 5.63 Å². The van der Waals surface area contributed by atoms with Crippen molar-refractivity contribution in [3.8, 4) is 16.9 Å².